The summed E-state index contributed by atoms with van der Waals surface area (Å²) in [5.41, 5.74) is 2.04. The highest BCUT2D eigenvalue weighted by Crippen LogP contribution is 2.25. The lowest BCUT2D eigenvalue weighted by atomic mass is 9.93. The smallest absolute Gasteiger partial charge is 0.326 e. The molecule has 1 aromatic carbocycles. The lowest BCUT2D eigenvalue weighted by Crippen LogP contribution is -2.50. The van der Waals surface area contributed by atoms with Crippen molar-refractivity contribution in [1.29, 1.82) is 0 Å². The van der Waals surface area contributed by atoms with E-state index in [1.165, 1.54) is 4.90 Å². The summed E-state index contributed by atoms with van der Waals surface area (Å²) in [6, 6.07) is 6.90. The van der Waals surface area contributed by atoms with E-state index in [0.29, 0.717) is 18.7 Å². The van der Waals surface area contributed by atoms with E-state index < -0.39 is 12.0 Å². The van der Waals surface area contributed by atoms with Crippen LogP contribution in [0.1, 0.15) is 18.1 Å². The highest BCUT2D eigenvalue weighted by atomic mass is 32.1. The van der Waals surface area contributed by atoms with Crippen LogP contribution in [0.25, 0.3) is 0 Å². The summed E-state index contributed by atoms with van der Waals surface area (Å²) in [4.78, 5) is 25.1. The van der Waals surface area contributed by atoms with Crippen molar-refractivity contribution in [2.24, 2.45) is 5.92 Å². The summed E-state index contributed by atoms with van der Waals surface area (Å²) < 4.78 is 0. The largest absolute Gasteiger partial charge is 0.480 e. The molecule has 1 aliphatic heterocycles. The molecule has 2 atom stereocenters. The number of thiol groups is 1. The first-order chi connectivity index (χ1) is 9.04. The topological polar surface area (TPSA) is 57.6 Å². The molecule has 0 spiro atoms. The van der Waals surface area contributed by atoms with Gasteiger partial charge in [0.15, 0.2) is 0 Å². The fourth-order valence-corrected chi connectivity index (χ4v) is 2.49. The molecule has 1 N–H and O–H groups in total. The summed E-state index contributed by atoms with van der Waals surface area (Å²) >= 11 is 4.12. The third-order valence-corrected chi connectivity index (χ3v) is 4.06. The van der Waals surface area contributed by atoms with E-state index in [4.69, 9.17) is 0 Å². The van der Waals surface area contributed by atoms with Gasteiger partial charge < -0.3 is 10.0 Å². The maximum Gasteiger partial charge on any atom is 0.326 e. The lowest BCUT2D eigenvalue weighted by Gasteiger charge is -2.35. The zero-order valence-electron chi connectivity index (χ0n) is 10.7. The predicted octanol–water partition coefficient (Wildman–Crippen LogP) is 1.59. The minimum atomic E-state index is -0.950. The Morgan fingerprint density at radius 2 is 2.05 bits per heavy atom. The van der Waals surface area contributed by atoms with Crippen LogP contribution in [0.2, 0.25) is 0 Å². The van der Waals surface area contributed by atoms with Crippen LogP contribution in [0.4, 0.5) is 0 Å². The Kier molecular flexibility index (Phi) is 4.14. The van der Waals surface area contributed by atoms with Crippen LogP contribution in [0.15, 0.2) is 24.3 Å². The van der Waals surface area contributed by atoms with Crippen molar-refractivity contribution >= 4 is 24.5 Å². The second-order valence-electron chi connectivity index (χ2n) is 4.88. The molecule has 2 rings (SSSR count). The van der Waals surface area contributed by atoms with Crippen LogP contribution in [-0.4, -0.2) is 33.7 Å². The second kappa shape index (κ2) is 5.65. The number of hydrogen-bond donors (Lipinski definition) is 2. The molecule has 1 amide bonds. The molecular weight excluding hydrogens is 262 g/mol. The van der Waals surface area contributed by atoms with Crippen LogP contribution in [0, 0.1) is 5.92 Å². The van der Waals surface area contributed by atoms with E-state index in [-0.39, 0.29) is 11.8 Å². The summed E-state index contributed by atoms with van der Waals surface area (Å²) in [5.74, 6) is -0.940. The molecule has 0 fully saturated rings. The fraction of sp³-hybridized carbons (Fsp3) is 0.429. The molecule has 0 radical (unpaired) electrons. The lowest BCUT2D eigenvalue weighted by molar-refractivity contribution is -0.152. The number of amides is 1. The third-order valence-electron chi connectivity index (χ3n) is 3.51. The SMILES string of the molecule is CC(CS)C(=O)N1Cc2ccccc2CC1C(=O)O. The number of rotatable bonds is 3. The van der Waals surface area contributed by atoms with Crippen molar-refractivity contribution in [1.82, 2.24) is 4.90 Å². The van der Waals surface area contributed by atoms with E-state index in [9.17, 15) is 14.7 Å². The second-order valence-corrected chi connectivity index (χ2v) is 5.24. The van der Waals surface area contributed by atoms with Gasteiger partial charge in [0.25, 0.3) is 0 Å². The first-order valence-electron chi connectivity index (χ1n) is 6.25. The van der Waals surface area contributed by atoms with E-state index >= 15 is 0 Å². The molecule has 5 heteroatoms. The normalized spacial score (nSPS) is 19.7. The number of nitrogens with zero attached hydrogens (tertiary/aromatic N) is 1. The monoisotopic (exact) mass is 279 g/mol. The first kappa shape index (κ1) is 13.9. The van der Waals surface area contributed by atoms with Crippen molar-refractivity contribution in [2.75, 3.05) is 5.75 Å². The molecule has 2 unspecified atom stereocenters. The summed E-state index contributed by atoms with van der Waals surface area (Å²) in [5, 5.41) is 9.32. The van der Waals surface area contributed by atoms with Crippen molar-refractivity contribution in [3.05, 3.63) is 35.4 Å². The van der Waals surface area contributed by atoms with Gasteiger partial charge >= 0.3 is 5.97 Å². The van der Waals surface area contributed by atoms with Gasteiger partial charge in [0.05, 0.1) is 0 Å². The molecule has 1 aromatic rings. The summed E-state index contributed by atoms with van der Waals surface area (Å²) in [6.45, 7) is 2.14. The van der Waals surface area contributed by atoms with Crippen LogP contribution in [0.5, 0.6) is 0 Å². The highest BCUT2D eigenvalue weighted by molar-refractivity contribution is 7.80. The molecule has 0 saturated carbocycles. The number of fused-ring (bicyclic) bond motifs is 1. The molecule has 4 nitrogen and oxygen atoms in total. The molecule has 1 heterocycles. The van der Waals surface area contributed by atoms with Gasteiger partial charge in [-0.05, 0) is 11.1 Å². The Morgan fingerprint density at radius 3 is 2.63 bits per heavy atom. The Balaban J connectivity index is 2.31. The predicted molar refractivity (Wildman–Crippen MR) is 75.1 cm³/mol. The van der Waals surface area contributed by atoms with Crippen LogP contribution in [-0.2, 0) is 22.6 Å². The van der Waals surface area contributed by atoms with Gasteiger partial charge in [-0.1, -0.05) is 31.2 Å². The van der Waals surface area contributed by atoms with Gasteiger partial charge in [-0.2, -0.15) is 12.6 Å². The average molecular weight is 279 g/mol. The Morgan fingerprint density at radius 1 is 1.42 bits per heavy atom. The summed E-state index contributed by atoms with van der Waals surface area (Å²) in [6.07, 6.45) is 0.372. The van der Waals surface area contributed by atoms with E-state index in [2.05, 4.69) is 12.6 Å². The Hall–Kier alpha value is -1.49. The van der Waals surface area contributed by atoms with Gasteiger partial charge in [0.2, 0.25) is 5.91 Å². The number of carboxylic acid groups (broad SMARTS) is 1. The number of hydrogen-bond acceptors (Lipinski definition) is 3. The van der Waals surface area contributed by atoms with Crippen molar-refractivity contribution in [3.63, 3.8) is 0 Å². The van der Waals surface area contributed by atoms with Crippen LogP contribution < -0.4 is 0 Å². The molecular formula is C14H17NO3S. The van der Waals surface area contributed by atoms with Crippen molar-refractivity contribution < 1.29 is 14.7 Å². The van der Waals surface area contributed by atoms with Crippen LogP contribution >= 0.6 is 12.6 Å². The molecule has 0 saturated heterocycles. The molecule has 0 aromatic heterocycles. The third kappa shape index (κ3) is 2.76. The highest BCUT2D eigenvalue weighted by Gasteiger charge is 2.35. The van der Waals surface area contributed by atoms with Crippen molar-refractivity contribution in [2.45, 2.75) is 25.9 Å². The fourth-order valence-electron chi connectivity index (χ4n) is 2.34. The van der Waals surface area contributed by atoms with Gasteiger partial charge in [0, 0.05) is 24.6 Å². The minimum absolute atomic E-state index is 0.142. The van der Waals surface area contributed by atoms with Gasteiger partial charge in [0.1, 0.15) is 6.04 Å². The van der Waals surface area contributed by atoms with Gasteiger partial charge in [-0.25, -0.2) is 4.79 Å². The minimum Gasteiger partial charge on any atom is -0.480 e. The molecule has 1 aliphatic rings. The maximum absolute atomic E-state index is 12.3. The van der Waals surface area contributed by atoms with E-state index in [1.807, 2.05) is 24.3 Å². The Labute approximate surface area is 117 Å². The molecule has 0 bridgehead atoms. The van der Waals surface area contributed by atoms with E-state index in [0.717, 1.165) is 11.1 Å². The van der Waals surface area contributed by atoms with Crippen molar-refractivity contribution in [3.8, 4) is 0 Å². The molecule has 102 valence electrons. The number of benzene rings is 1. The number of carbonyl (C=O) groups excluding carboxylic acids is 1. The standard InChI is InChI=1S/C14H17NO3S/c1-9(8-19)13(16)15-7-11-5-3-2-4-10(11)6-12(15)14(17)18/h2-5,9,12,19H,6-8H2,1H3,(H,17,18). The average Bonchev–Trinajstić information content (AvgIpc) is 2.44. The van der Waals surface area contributed by atoms with E-state index in [1.54, 1.807) is 6.92 Å². The maximum atomic E-state index is 12.3. The quantitative estimate of drug-likeness (QED) is 0.826. The Bertz CT molecular complexity index is 503. The summed E-state index contributed by atoms with van der Waals surface area (Å²) in [7, 11) is 0. The first-order valence-corrected chi connectivity index (χ1v) is 6.88. The molecule has 0 aliphatic carbocycles. The number of carboxylic acids is 1. The van der Waals surface area contributed by atoms with Gasteiger partial charge in [-0.3, -0.25) is 4.79 Å². The zero-order chi connectivity index (χ0) is 14.0. The van der Waals surface area contributed by atoms with Gasteiger partial charge in [-0.15, -0.1) is 0 Å². The number of aliphatic carboxylic acids is 1. The number of carbonyl (C=O) groups is 2. The zero-order valence-corrected chi connectivity index (χ0v) is 11.6. The molecule has 19 heavy (non-hydrogen) atoms. The van der Waals surface area contributed by atoms with Crippen LogP contribution in [0.3, 0.4) is 0 Å².